The van der Waals surface area contributed by atoms with Gasteiger partial charge in [0.2, 0.25) is 0 Å². The molecule has 1 N–H and O–H groups in total. The molecule has 2 saturated carbocycles. The first-order chi connectivity index (χ1) is 12.8. The Morgan fingerprint density at radius 2 is 2.08 bits per heavy atom. The predicted molar refractivity (Wildman–Crippen MR) is 91.9 cm³/mol. The first kappa shape index (κ1) is 14.7. The number of halogens is 1. The number of hydrazone groups is 1. The number of hydrogen-bond donors (Lipinski definition) is 1. The molecule has 2 aromatic heterocycles. The van der Waals surface area contributed by atoms with E-state index in [9.17, 15) is 4.39 Å². The van der Waals surface area contributed by atoms with Crippen molar-refractivity contribution < 1.29 is 4.39 Å². The zero-order valence-corrected chi connectivity index (χ0v) is 14.4. The largest absolute Gasteiger partial charge is 0.291 e. The van der Waals surface area contributed by atoms with Gasteiger partial charge in [0.15, 0.2) is 0 Å². The molecule has 2 aliphatic heterocycles. The van der Waals surface area contributed by atoms with Gasteiger partial charge in [0.25, 0.3) is 12.0 Å². The molecule has 0 spiro atoms. The van der Waals surface area contributed by atoms with Crippen LogP contribution in [0.15, 0.2) is 17.5 Å². The Labute approximate surface area is 150 Å². The molecular weight excluding hydrogens is 335 g/mol. The lowest BCUT2D eigenvalue weighted by molar-refractivity contribution is 0.161. The van der Waals surface area contributed by atoms with Gasteiger partial charge in [-0.3, -0.25) is 14.9 Å². The molecule has 2 aliphatic carbocycles. The fourth-order valence-electron chi connectivity index (χ4n) is 4.80. The van der Waals surface area contributed by atoms with E-state index in [2.05, 4.69) is 25.8 Å². The minimum atomic E-state index is -0.408. The zero-order valence-electron chi connectivity index (χ0n) is 14.4. The van der Waals surface area contributed by atoms with Crippen LogP contribution in [0.5, 0.6) is 0 Å². The van der Waals surface area contributed by atoms with E-state index in [4.69, 9.17) is 0 Å². The van der Waals surface area contributed by atoms with E-state index < -0.39 is 6.08 Å². The smallest absolute Gasteiger partial charge is 0.283 e. The maximum atomic E-state index is 14.5. The SMILES string of the molecule is Fc1ncc2n1C1CCCCC1C1NN=C(n3cc(CC4CC4)nn3)N21. The zero-order chi connectivity index (χ0) is 17.3. The molecule has 4 aliphatic rings. The summed E-state index contributed by atoms with van der Waals surface area (Å²) in [6.07, 6.45) is 11.1. The van der Waals surface area contributed by atoms with E-state index in [1.165, 1.54) is 19.3 Å². The minimum Gasteiger partial charge on any atom is -0.283 e. The first-order valence-corrected chi connectivity index (χ1v) is 9.56. The monoisotopic (exact) mass is 356 g/mol. The van der Waals surface area contributed by atoms with Crippen molar-refractivity contribution in [3.05, 3.63) is 24.2 Å². The van der Waals surface area contributed by atoms with Crippen LogP contribution < -0.4 is 10.3 Å². The molecule has 3 atom stereocenters. The third-order valence-corrected chi connectivity index (χ3v) is 6.23. The van der Waals surface area contributed by atoms with Gasteiger partial charge < -0.3 is 0 Å². The van der Waals surface area contributed by atoms with Gasteiger partial charge in [0.05, 0.1) is 18.1 Å². The predicted octanol–water partition coefficient (Wildman–Crippen LogP) is 1.87. The molecule has 136 valence electrons. The second kappa shape index (κ2) is 5.28. The van der Waals surface area contributed by atoms with Gasteiger partial charge in [-0.25, -0.2) is 4.98 Å². The van der Waals surface area contributed by atoms with Gasteiger partial charge in [0.1, 0.15) is 12.0 Å². The second-order valence-electron chi connectivity index (χ2n) is 7.93. The molecule has 0 aromatic carbocycles. The van der Waals surface area contributed by atoms with E-state index >= 15 is 0 Å². The third-order valence-electron chi connectivity index (χ3n) is 6.23. The summed E-state index contributed by atoms with van der Waals surface area (Å²) in [6.45, 7) is 0. The molecule has 4 heterocycles. The van der Waals surface area contributed by atoms with Gasteiger partial charge in [-0.15, -0.1) is 10.2 Å². The molecule has 6 rings (SSSR count). The maximum absolute atomic E-state index is 14.5. The Morgan fingerprint density at radius 1 is 1.19 bits per heavy atom. The van der Waals surface area contributed by atoms with Crippen molar-refractivity contribution in [2.45, 2.75) is 57.2 Å². The van der Waals surface area contributed by atoms with Crippen LogP contribution in [0.1, 0.15) is 50.3 Å². The molecule has 2 aromatic rings. The Bertz CT molecular complexity index is 881. The maximum Gasteiger partial charge on any atom is 0.291 e. The molecule has 3 unspecified atom stereocenters. The van der Waals surface area contributed by atoms with E-state index in [-0.39, 0.29) is 12.2 Å². The average molecular weight is 356 g/mol. The summed E-state index contributed by atoms with van der Waals surface area (Å²) in [6, 6.07) is 0.144. The number of aromatic nitrogens is 5. The van der Waals surface area contributed by atoms with E-state index in [1.54, 1.807) is 15.4 Å². The van der Waals surface area contributed by atoms with Crippen molar-refractivity contribution in [3.63, 3.8) is 0 Å². The Hall–Kier alpha value is -2.45. The van der Waals surface area contributed by atoms with Crippen LogP contribution in [0.4, 0.5) is 10.2 Å². The Balaban J connectivity index is 1.39. The summed E-state index contributed by atoms with van der Waals surface area (Å²) >= 11 is 0. The van der Waals surface area contributed by atoms with Gasteiger partial charge in [-0.1, -0.05) is 18.1 Å². The van der Waals surface area contributed by atoms with Crippen molar-refractivity contribution in [1.29, 1.82) is 0 Å². The molecule has 8 nitrogen and oxygen atoms in total. The Morgan fingerprint density at radius 3 is 2.96 bits per heavy atom. The van der Waals surface area contributed by atoms with Crippen molar-refractivity contribution in [1.82, 2.24) is 30.0 Å². The molecule has 0 bridgehead atoms. The van der Waals surface area contributed by atoms with Crippen LogP contribution in [0, 0.1) is 17.9 Å². The highest BCUT2D eigenvalue weighted by Gasteiger charge is 2.48. The van der Waals surface area contributed by atoms with Crippen molar-refractivity contribution >= 4 is 11.8 Å². The van der Waals surface area contributed by atoms with Crippen molar-refractivity contribution in [2.75, 3.05) is 4.90 Å². The summed E-state index contributed by atoms with van der Waals surface area (Å²) in [5, 5.41) is 13.1. The van der Waals surface area contributed by atoms with Crippen molar-refractivity contribution in [3.8, 4) is 0 Å². The lowest BCUT2D eigenvalue weighted by Gasteiger charge is -2.45. The van der Waals surface area contributed by atoms with Crippen LogP contribution in [0.25, 0.3) is 0 Å². The van der Waals surface area contributed by atoms with Crippen LogP contribution in [0.2, 0.25) is 0 Å². The van der Waals surface area contributed by atoms with Gasteiger partial charge in [-0.2, -0.15) is 9.07 Å². The lowest BCUT2D eigenvalue weighted by atomic mass is 9.80. The fraction of sp³-hybridized carbons (Fsp3) is 0.647. The topological polar surface area (TPSA) is 76.2 Å². The molecule has 0 amide bonds. The summed E-state index contributed by atoms with van der Waals surface area (Å²) in [5.41, 5.74) is 4.27. The summed E-state index contributed by atoms with van der Waals surface area (Å²) in [7, 11) is 0. The van der Waals surface area contributed by atoms with E-state index in [0.717, 1.165) is 43.1 Å². The van der Waals surface area contributed by atoms with Crippen LogP contribution >= 0.6 is 0 Å². The second-order valence-corrected chi connectivity index (χ2v) is 7.93. The number of nitrogens with zero attached hydrogens (tertiary/aromatic N) is 7. The highest BCUT2D eigenvalue weighted by molar-refractivity contribution is 5.98. The quantitative estimate of drug-likeness (QED) is 0.889. The van der Waals surface area contributed by atoms with Gasteiger partial charge in [-0.05, 0) is 38.0 Å². The van der Waals surface area contributed by atoms with Crippen LogP contribution in [-0.4, -0.2) is 36.7 Å². The van der Waals surface area contributed by atoms with E-state index in [0.29, 0.717) is 11.9 Å². The number of imidazole rings is 1. The number of rotatable bonds is 2. The molecule has 2 fully saturated rings. The van der Waals surface area contributed by atoms with E-state index in [1.807, 2.05) is 11.1 Å². The number of hydrogen-bond acceptors (Lipinski definition) is 6. The summed E-state index contributed by atoms with van der Waals surface area (Å²) in [5.74, 6) is 2.45. The number of nitrogens with one attached hydrogen (secondary N) is 1. The summed E-state index contributed by atoms with van der Waals surface area (Å²) in [4.78, 5) is 6.00. The number of fused-ring (bicyclic) bond motifs is 6. The van der Waals surface area contributed by atoms with Crippen molar-refractivity contribution in [2.24, 2.45) is 16.9 Å². The lowest BCUT2D eigenvalue weighted by Crippen LogP contribution is -2.55. The molecular formula is C17H21FN8. The first-order valence-electron chi connectivity index (χ1n) is 9.56. The fourth-order valence-corrected chi connectivity index (χ4v) is 4.80. The normalized spacial score (nSPS) is 29.7. The van der Waals surface area contributed by atoms with Gasteiger partial charge >= 0.3 is 0 Å². The highest BCUT2D eigenvalue weighted by atomic mass is 19.1. The summed E-state index contributed by atoms with van der Waals surface area (Å²) < 4.78 is 17.9. The van der Waals surface area contributed by atoms with Crippen LogP contribution in [0.3, 0.4) is 0 Å². The van der Waals surface area contributed by atoms with Crippen LogP contribution in [-0.2, 0) is 6.42 Å². The Kier molecular flexibility index (Phi) is 2.98. The van der Waals surface area contributed by atoms with Gasteiger partial charge in [0, 0.05) is 12.0 Å². The number of anilines is 1. The minimum absolute atomic E-state index is 0.0231. The molecule has 9 heteroatoms. The highest BCUT2D eigenvalue weighted by Crippen LogP contribution is 2.45. The third kappa shape index (κ3) is 2.05. The molecule has 26 heavy (non-hydrogen) atoms. The average Bonchev–Trinajstić information content (AvgIpc) is 3.05. The standard InChI is InChI=1S/C17H21FN8/c18-16-19-8-14-25(16)13-4-2-1-3-12(13)15-21-22-17(26(14)15)24-9-11(20-23-24)7-10-5-6-10/h8-10,12-13,15,21H,1-7H2. The molecule has 0 radical (unpaired) electrons. The molecule has 0 saturated heterocycles.